The molecule has 9 rings (SSSR count). The Morgan fingerprint density at radius 1 is 0.532 bits per heavy atom. The molecule has 23 nitrogen and oxygen atoms in total. The van der Waals surface area contributed by atoms with Crippen LogP contribution in [0.3, 0.4) is 0 Å². The summed E-state index contributed by atoms with van der Waals surface area (Å²) < 4.78 is 67.0. The second-order valence-corrected chi connectivity index (χ2v) is 20.1. The first kappa shape index (κ1) is 57.8. The van der Waals surface area contributed by atoms with Gasteiger partial charge in [-0.1, -0.05) is 135 Å². The van der Waals surface area contributed by atoms with Crippen molar-refractivity contribution in [2.24, 2.45) is 5.92 Å². The molecule has 5 fully saturated rings. The summed E-state index contributed by atoms with van der Waals surface area (Å²) >= 11 is 0. The van der Waals surface area contributed by atoms with Crippen LogP contribution in [0.2, 0.25) is 0 Å². The van der Waals surface area contributed by atoms with Crippen LogP contribution in [0.5, 0.6) is 0 Å². The zero-order valence-corrected chi connectivity index (χ0v) is 43.4. The van der Waals surface area contributed by atoms with Crippen molar-refractivity contribution in [2.75, 3.05) is 13.2 Å². The highest BCUT2D eigenvalue weighted by Crippen LogP contribution is 2.40. The van der Waals surface area contributed by atoms with Gasteiger partial charge < -0.3 is 98.7 Å². The molecule has 5 aliphatic rings. The van der Waals surface area contributed by atoms with Crippen molar-refractivity contribution in [3.8, 4) is 0 Å². The molecule has 428 valence electrons. The molecular formula is C56H69N3O20. The predicted octanol–water partition coefficient (Wildman–Crippen LogP) is 2.56. The first-order valence-electron chi connectivity index (χ1n) is 26.5. The Labute approximate surface area is 455 Å². The number of benzene rings is 4. The Morgan fingerprint density at radius 3 is 1.56 bits per heavy atom. The smallest absolute Gasteiger partial charge is 0.407 e. The van der Waals surface area contributed by atoms with Crippen LogP contribution in [0.4, 0.5) is 14.4 Å². The van der Waals surface area contributed by atoms with Crippen molar-refractivity contribution >= 4 is 18.3 Å². The van der Waals surface area contributed by atoms with E-state index in [0.717, 1.165) is 0 Å². The van der Waals surface area contributed by atoms with Gasteiger partial charge in [-0.15, -0.1) is 0 Å². The zero-order chi connectivity index (χ0) is 55.6. The maximum Gasteiger partial charge on any atom is 0.407 e. The number of aliphatic hydroxyl groups is 6. The number of rotatable bonds is 18. The molecule has 4 aromatic rings. The summed E-state index contributed by atoms with van der Waals surface area (Å²) in [4.78, 5) is 40.2. The third kappa shape index (κ3) is 14.2. The summed E-state index contributed by atoms with van der Waals surface area (Å²) in [5.74, 6) is -0.666. The van der Waals surface area contributed by atoms with Gasteiger partial charge in [0.15, 0.2) is 25.2 Å². The van der Waals surface area contributed by atoms with Gasteiger partial charge in [-0.2, -0.15) is 0 Å². The van der Waals surface area contributed by atoms with Crippen LogP contribution in [0.25, 0.3) is 0 Å². The summed E-state index contributed by atoms with van der Waals surface area (Å²) in [7, 11) is 0. The molecule has 0 aromatic heterocycles. The number of fused-ring (bicyclic) bond motifs is 1. The predicted molar refractivity (Wildman–Crippen MR) is 272 cm³/mol. The van der Waals surface area contributed by atoms with Crippen molar-refractivity contribution in [1.82, 2.24) is 16.0 Å². The quantitative estimate of drug-likeness (QED) is 0.0647. The lowest BCUT2D eigenvalue weighted by Crippen LogP contribution is -2.69. The lowest BCUT2D eigenvalue weighted by atomic mass is 9.80. The summed E-state index contributed by atoms with van der Waals surface area (Å²) in [5, 5.41) is 77.6. The van der Waals surface area contributed by atoms with Crippen molar-refractivity contribution in [1.29, 1.82) is 0 Å². The van der Waals surface area contributed by atoms with Crippen molar-refractivity contribution < 1.29 is 97.1 Å². The number of aliphatic hydroxyl groups excluding tert-OH is 6. The highest BCUT2D eigenvalue weighted by atomic mass is 16.8. The molecule has 4 aromatic carbocycles. The van der Waals surface area contributed by atoms with E-state index < -0.39 is 147 Å². The first-order valence-corrected chi connectivity index (χ1v) is 26.5. The van der Waals surface area contributed by atoms with Crippen LogP contribution in [0.1, 0.15) is 55.2 Å². The lowest BCUT2D eigenvalue weighted by Gasteiger charge is -2.50. The molecule has 2 unspecified atom stereocenters. The maximum absolute atomic E-state index is 13.6. The Kier molecular flexibility index (Phi) is 19.8. The van der Waals surface area contributed by atoms with E-state index in [1.807, 2.05) is 30.3 Å². The van der Waals surface area contributed by atoms with Gasteiger partial charge in [0, 0.05) is 5.56 Å². The Bertz CT molecular complexity index is 2550. The van der Waals surface area contributed by atoms with Gasteiger partial charge in [0.2, 0.25) is 0 Å². The van der Waals surface area contributed by atoms with Crippen LogP contribution < -0.4 is 16.0 Å². The molecule has 0 radical (unpaired) electrons. The molecule has 0 bridgehead atoms. The van der Waals surface area contributed by atoms with Gasteiger partial charge in [-0.25, -0.2) is 14.4 Å². The molecule has 0 spiro atoms. The molecule has 4 aliphatic heterocycles. The number of alkyl carbamates (subject to hydrolysis) is 3. The summed E-state index contributed by atoms with van der Waals surface area (Å²) in [6.07, 6.45) is -25.1. The minimum absolute atomic E-state index is 0.0443. The number of amides is 3. The van der Waals surface area contributed by atoms with Crippen molar-refractivity contribution in [3.05, 3.63) is 144 Å². The number of carbonyl (C=O) groups excluding carboxylic acids is 3. The number of hydrogen-bond acceptors (Lipinski definition) is 20. The molecule has 23 heteroatoms. The van der Waals surface area contributed by atoms with E-state index in [2.05, 4.69) is 16.0 Å². The van der Waals surface area contributed by atoms with E-state index in [-0.39, 0.29) is 39.3 Å². The average Bonchev–Trinajstić information content (AvgIpc) is 3.82. The minimum atomic E-state index is -1.81. The summed E-state index contributed by atoms with van der Waals surface area (Å²) in [5.41, 5.74) is 2.75. The largest absolute Gasteiger partial charge is 0.445 e. The third-order valence-corrected chi connectivity index (χ3v) is 14.7. The average molecular weight is 1100 g/mol. The molecule has 1 saturated carbocycles. The fraction of sp³-hybridized carbons (Fsp3) is 0.518. The monoisotopic (exact) mass is 1100 g/mol. The number of hydrogen-bond donors (Lipinski definition) is 9. The molecule has 4 saturated heterocycles. The topological polar surface area (TPSA) is 310 Å². The SMILES string of the molecule is CC[C@@H]1O[C@H](O[C@H]2[C@@H](O)[C@H](O[C@H]3[C@H](O[C@H]4O[C@@H]5COC(c6ccccc6)O[C@H]5[C@H](O)[C@H]4NC(=O)OCc4ccccc4)[C@@H](C)CC(NC(=O)OCc4ccccc4)[C@@H]3O)O[C@@H]2CO)[C@H](NC(=O)OCc2ccccc2)[C@@H](O)[C@@H]1O. The molecule has 3 amide bonds. The molecule has 20 atom stereocenters. The van der Waals surface area contributed by atoms with Gasteiger partial charge in [0.25, 0.3) is 0 Å². The van der Waals surface area contributed by atoms with Gasteiger partial charge in [-0.05, 0) is 35.4 Å². The van der Waals surface area contributed by atoms with Gasteiger partial charge in [-0.3, -0.25) is 0 Å². The first-order chi connectivity index (χ1) is 38.3. The zero-order valence-electron chi connectivity index (χ0n) is 43.4. The minimum Gasteiger partial charge on any atom is -0.445 e. The van der Waals surface area contributed by atoms with Crippen LogP contribution >= 0.6 is 0 Å². The summed E-state index contributed by atoms with van der Waals surface area (Å²) in [6.45, 7) is 2.25. The standard InChI is InChI=1S/C56H69N3O20/c1-3-36-42(62)43(63)39(58-55(67)71-27-32-18-10-5-11-19-32)51(73-36)78-47-37(25-60)74-53(45(47)65)79-49-41(61)35(57-54(66)70-26-31-16-8-4-9-17-31)24-30(2)46(49)76-52-40(59-56(68)72-28-33-20-12-6-13-21-33)44(64)48-38(75-52)29-69-50(77-48)34-22-14-7-15-23-34/h4-23,30,35-53,60-65H,3,24-29H2,1-2H3,(H,57,66)(H,58,67)(H,59,68)/t30-,35?,36-,37+,38+,39+,40+,41-,42+,43+,44+,45+,46+,47+,48+,49+,50?,51+,52+,53-/m0/s1. The van der Waals surface area contributed by atoms with Crippen molar-refractivity contribution in [2.45, 2.75) is 163 Å². The summed E-state index contributed by atoms with van der Waals surface area (Å²) in [6, 6.07) is 31.8. The van der Waals surface area contributed by atoms with Gasteiger partial charge in [0.1, 0.15) is 92.9 Å². The van der Waals surface area contributed by atoms with Crippen LogP contribution in [-0.4, -0.2) is 172 Å². The number of ether oxygens (including phenoxy) is 11. The van der Waals surface area contributed by atoms with Crippen LogP contribution in [0.15, 0.2) is 121 Å². The molecule has 1 aliphatic carbocycles. The fourth-order valence-corrected chi connectivity index (χ4v) is 10.4. The maximum atomic E-state index is 13.6. The third-order valence-electron chi connectivity index (χ3n) is 14.7. The van der Waals surface area contributed by atoms with Crippen LogP contribution in [0, 0.1) is 5.92 Å². The van der Waals surface area contributed by atoms with E-state index in [0.29, 0.717) is 22.3 Å². The van der Waals surface area contributed by atoms with Crippen molar-refractivity contribution in [3.63, 3.8) is 0 Å². The highest BCUT2D eigenvalue weighted by molar-refractivity contribution is 5.68. The van der Waals surface area contributed by atoms with E-state index in [4.69, 9.17) is 52.1 Å². The molecule has 9 N–H and O–H groups in total. The van der Waals surface area contributed by atoms with E-state index in [1.54, 1.807) is 105 Å². The van der Waals surface area contributed by atoms with E-state index in [9.17, 15) is 45.0 Å². The second-order valence-electron chi connectivity index (χ2n) is 20.1. The van der Waals surface area contributed by atoms with Gasteiger partial charge in [0.05, 0.1) is 31.5 Å². The van der Waals surface area contributed by atoms with Gasteiger partial charge >= 0.3 is 18.3 Å². The second kappa shape index (κ2) is 27.1. The Morgan fingerprint density at radius 2 is 1.01 bits per heavy atom. The lowest BCUT2D eigenvalue weighted by molar-refractivity contribution is -0.360. The number of nitrogens with one attached hydrogen (secondary N) is 3. The Balaban J connectivity index is 0.961. The molecule has 79 heavy (non-hydrogen) atoms. The Hall–Kier alpha value is -5.87. The van der Waals surface area contributed by atoms with E-state index >= 15 is 0 Å². The normalized spacial score (nSPS) is 35.3. The number of carbonyl (C=O) groups is 3. The fourth-order valence-electron chi connectivity index (χ4n) is 10.4. The molecular weight excluding hydrogens is 1030 g/mol. The highest BCUT2D eigenvalue weighted by Gasteiger charge is 2.57. The van der Waals surface area contributed by atoms with E-state index in [1.165, 1.54) is 0 Å². The van der Waals surface area contributed by atoms with Crippen LogP contribution in [-0.2, 0) is 71.9 Å². The molecule has 4 heterocycles.